The van der Waals surface area contributed by atoms with E-state index in [1.165, 1.54) is 12.8 Å². The minimum absolute atomic E-state index is 0.278. The highest BCUT2D eigenvalue weighted by Crippen LogP contribution is 2.18. The SMILES string of the molecule is CC(C)(C)OC(=O)NC1CCCC1.[B]C(O)Oc1ccc(C)cc1. The Hall–Kier alpha value is -1.69. The van der Waals surface area contributed by atoms with Crippen LogP contribution in [0, 0.1) is 6.92 Å². The van der Waals surface area contributed by atoms with E-state index in [2.05, 4.69) is 5.32 Å². The molecule has 1 aromatic carbocycles. The average Bonchev–Trinajstić information content (AvgIpc) is 2.92. The monoisotopic (exact) mass is 333 g/mol. The summed E-state index contributed by atoms with van der Waals surface area (Å²) in [6, 6.07) is 7.63. The van der Waals surface area contributed by atoms with Crippen LogP contribution in [0.5, 0.6) is 5.75 Å². The van der Waals surface area contributed by atoms with Gasteiger partial charge in [0.15, 0.2) is 7.85 Å². The van der Waals surface area contributed by atoms with Gasteiger partial charge in [-0.25, -0.2) is 4.79 Å². The molecule has 0 heterocycles. The quantitative estimate of drug-likeness (QED) is 0.658. The van der Waals surface area contributed by atoms with Crippen molar-refractivity contribution in [2.45, 2.75) is 71.2 Å². The molecule has 2 rings (SSSR count). The van der Waals surface area contributed by atoms with Crippen molar-refractivity contribution >= 4 is 13.9 Å². The van der Waals surface area contributed by atoms with Crippen LogP contribution in [0.4, 0.5) is 4.79 Å². The molecule has 1 atom stereocenters. The fraction of sp³-hybridized carbons (Fsp3) is 0.611. The second-order valence-corrected chi connectivity index (χ2v) is 6.95. The maximum Gasteiger partial charge on any atom is 0.407 e. The number of hydrogen-bond donors (Lipinski definition) is 2. The predicted octanol–water partition coefficient (Wildman–Crippen LogP) is 3.27. The van der Waals surface area contributed by atoms with E-state index in [9.17, 15) is 4.79 Å². The number of rotatable bonds is 3. The Kier molecular flexibility index (Phi) is 8.12. The van der Waals surface area contributed by atoms with Gasteiger partial charge in [-0.1, -0.05) is 30.5 Å². The fourth-order valence-corrected chi connectivity index (χ4v) is 2.30. The number of hydrogen-bond acceptors (Lipinski definition) is 4. The summed E-state index contributed by atoms with van der Waals surface area (Å²) in [5, 5.41) is 11.5. The standard InChI is InChI=1S/C10H19NO2.C8H9BO2/c1-10(2,3)13-9(12)11-8-6-4-5-7-8;1-6-2-4-7(5-3-6)11-8(9)10/h8H,4-7H2,1-3H3,(H,11,12);2-5,8,10H,1H3. The molecule has 2 radical (unpaired) electrons. The molecular formula is C18H28BNO4. The van der Waals surface area contributed by atoms with Gasteiger partial charge in [-0.2, -0.15) is 0 Å². The van der Waals surface area contributed by atoms with Gasteiger partial charge in [0, 0.05) is 6.04 Å². The highest BCUT2D eigenvalue weighted by atomic mass is 16.6. The summed E-state index contributed by atoms with van der Waals surface area (Å²) in [6.07, 6.45) is 3.12. The molecular weight excluding hydrogens is 305 g/mol. The minimum atomic E-state index is -1.24. The van der Waals surface area contributed by atoms with Crippen LogP contribution >= 0.6 is 0 Å². The zero-order valence-electron chi connectivity index (χ0n) is 15.0. The van der Waals surface area contributed by atoms with Gasteiger partial charge in [0.1, 0.15) is 17.5 Å². The van der Waals surface area contributed by atoms with Crippen molar-refractivity contribution in [3.8, 4) is 5.75 Å². The average molecular weight is 333 g/mol. The summed E-state index contributed by atoms with van der Waals surface area (Å²) in [4.78, 5) is 11.3. The number of carbonyl (C=O) groups excluding carboxylic acids is 1. The van der Waals surface area contributed by atoms with Crippen LogP contribution in [0.25, 0.3) is 0 Å². The highest BCUT2D eigenvalue weighted by Gasteiger charge is 2.21. The first kappa shape index (κ1) is 20.4. The van der Waals surface area contributed by atoms with Crippen molar-refractivity contribution in [2.75, 3.05) is 0 Å². The molecule has 0 saturated heterocycles. The molecule has 24 heavy (non-hydrogen) atoms. The topological polar surface area (TPSA) is 67.8 Å². The van der Waals surface area contributed by atoms with Crippen molar-refractivity contribution in [1.82, 2.24) is 5.32 Å². The maximum absolute atomic E-state index is 11.3. The van der Waals surface area contributed by atoms with E-state index in [1.54, 1.807) is 12.1 Å². The van der Waals surface area contributed by atoms with E-state index >= 15 is 0 Å². The summed E-state index contributed by atoms with van der Waals surface area (Å²) in [5.41, 5.74) is 0.756. The zero-order chi connectivity index (χ0) is 18.2. The van der Waals surface area contributed by atoms with Crippen molar-refractivity contribution in [1.29, 1.82) is 0 Å². The van der Waals surface area contributed by atoms with Gasteiger partial charge in [0.25, 0.3) is 0 Å². The lowest BCUT2D eigenvalue weighted by molar-refractivity contribution is 0.0504. The summed E-state index contributed by atoms with van der Waals surface area (Å²) in [7, 11) is 5.00. The number of aliphatic hydroxyl groups is 1. The van der Waals surface area contributed by atoms with Gasteiger partial charge in [0.05, 0.1) is 0 Å². The number of amides is 1. The molecule has 0 aliphatic heterocycles. The Labute approximate surface area is 146 Å². The van der Waals surface area contributed by atoms with Crippen molar-refractivity contribution in [2.24, 2.45) is 0 Å². The van der Waals surface area contributed by atoms with Gasteiger partial charge in [-0.05, 0) is 52.7 Å². The third-order valence-corrected chi connectivity index (χ3v) is 3.35. The maximum atomic E-state index is 11.3. The first-order chi connectivity index (χ1) is 11.2. The molecule has 0 aromatic heterocycles. The second-order valence-electron chi connectivity index (χ2n) is 6.95. The van der Waals surface area contributed by atoms with Crippen LogP contribution in [0.1, 0.15) is 52.0 Å². The molecule has 1 saturated carbocycles. The second kappa shape index (κ2) is 9.57. The van der Waals surface area contributed by atoms with Crippen LogP contribution in [0.3, 0.4) is 0 Å². The number of aryl methyl sites for hydroxylation is 1. The Balaban J connectivity index is 0.000000243. The molecule has 0 bridgehead atoms. The van der Waals surface area contributed by atoms with Crippen LogP contribution < -0.4 is 10.1 Å². The summed E-state index contributed by atoms with van der Waals surface area (Å²) >= 11 is 0. The number of aliphatic hydroxyl groups excluding tert-OH is 1. The first-order valence-corrected chi connectivity index (χ1v) is 8.32. The van der Waals surface area contributed by atoms with Crippen molar-refractivity contribution in [3.05, 3.63) is 29.8 Å². The molecule has 2 N–H and O–H groups in total. The lowest BCUT2D eigenvalue weighted by Crippen LogP contribution is -2.37. The molecule has 1 aliphatic rings. The van der Waals surface area contributed by atoms with Gasteiger partial charge in [-0.15, -0.1) is 0 Å². The summed E-state index contributed by atoms with van der Waals surface area (Å²) in [6.45, 7) is 7.60. The van der Waals surface area contributed by atoms with Crippen LogP contribution in [0.15, 0.2) is 24.3 Å². The summed E-state index contributed by atoms with van der Waals surface area (Å²) in [5.74, 6) is 0.575. The smallest absolute Gasteiger partial charge is 0.407 e. The number of ether oxygens (including phenoxy) is 2. The van der Waals surface area contributed by atoms with Gasteiger partial charge in [0.2, 0.25) is 0 Å². The van der Waals surface area contributed by atoms with E-state index in [4.69, 9.17) is 22.4 Å². The number of alkyl carbamates (subject to hydrolysis) is 1. The molecule has 1 aromatic rings. The van der Waals surface area contributed by atoms with Gasteiger partial charge in [-0.3, -0.25) is 0 Å². The molecule has 1 aliphatic carbocycles. The fourth-order valence-electron chi connectivity index (χ4n) is 2.30. The van der Waals surface area contributed by atoms with Crippen molar-refractivity contribution < 1.29 is 19.4 Å². The van der Waals surface area contributed by atoms with Gasteiger partial charge >= 0.3 is 6.09 Å². The van der Waals surface area contributed by atoms with E-state index in [1.807, 2.05) is 39.8 Å². The minimum Gasteiger partial charge on any atom is -0.475 e. The molecule has 1 unspecified atom stereocenters. The third-order valence-electron chi connectivity index (χ3n) is 3.35. The molecule has 132 valence electrons. The van der Waals surface area contributed by atoms with Crippen LogP contribution in [-0.2, 0) is 4.74 Å². The van der Waals surface area contributed by atoms with E-state index in [0.717, 1.165) is 18.4 Å². The molecule has 5 nitrogen and oxygen atoms in total. The van der Waals surface area contributed by atoms with Gasteiger partial charge < -0.3 is 19.9 Å². The summed E-state index contributed by atoms with van der Waals surface area (Å²) < 4.78 is 9.95. The van der Waals surface area contributed by atoms with E-state index in [-0.39, 0.29) is 11.7 Å². The third kappa shape index (κ3) is 9.45. The van der Waals surface area contributed by atoms with E-state index in [0.29, 0.717) is 11.8 Å². The predicted molar refractivity (Wildman–Crippen MR) is 95.2 cm³/mol. The van der Waals surface area contributed by atoms with Crippen LogP contribution in [-0.4, -0.2) is 36.9 Å². The molecule has 1 amide bonds. The lowest BCUT2D eigenvalue weighted by atomic mass is 10.1. The number of benzene rings is 1. The molecule has 6 heteroatoms. The highest BCUT2D eigenvalue weighted by molar-refractivity contribution is 6.09. The van der Waals surface area contributed by atoms with Crippen molar-refractivity contribution in [3.63, 3.8) is 0 Å². The lowest BCUT2D eigenvalue weighted by Gasteiger charge is -2.21. The molecule has 0 spiro atoms. The Morgan fingerprint density at radius 2 is 1.79 bits per heavy atom. The zero-order valence-corrected chi connectivity index (χ0v) is 15.0. The Bertz CT molecular complexity index is 491. The molecule has 1 fully saturated rings. The van der Waals surface area contributed by atoms with E-state index < -0.39 is 6.19 Å². The number of nitrogens with one attached hydrogen (secondary N) is 1. The number of carbonyl (C=O) groups is 1. The largest absolute Gasteiger partial charge is 0.475 e. The van der Waals surface area contributed by atoms with Crippen LogP contribution in [0.2, 0.25) is 0 Å². The Morgan fingerprint density at radius 3 is 2.25 bits per heavy atom. The normalized spacial score (nSPS) is 15.9. The Morgan fingerprint density at radius 1 is 1.25 bits per heavy atom. The first-order valence-electron chi connectivity index (χ1n) is 8.32.